The quantitative estimate of drug-likeness (QED) is 0.848. The zero-order chi connectivity index (χ0) is 16.5. The van der Waals surface area contributed by atoms with Crippen molar-refractivity contribution in [1.82, 2.24) is 4.90 Å². The number of rotatable bonds is 3. The van der Waals surface area contributed by atoms with Crippen molar-refractivity contribution >= 4 is 11.8 Å². The first-order valence-corrected chi connectivity index (χ1v) is 10.6. The van der Waals surface area contributed by atoms with Crippen molar-refractivity contribution in [3.8, 4) is 0 Å². The van der Waals surface area contributed by atoms with Gasteiger partial charge in [-0.05, 0) is 45.4 Å². The number of nitrogens with zero attached hydrogens (tertiary/aromatic N) is 1. The maximum Gasteiger partial charge on any atom is 0.0771 e. The summed E-state index contributed by atoms with van der Waals surface area (Å²) in [6.45, 7) is 9.37. The van der Waals surface area contributed by atoms with E-state index in [9.17, 15) is 5.11 Å². The molecule has 4 heteroatoms. The first-order valence-electron chi connectivity index (χ1n) is 9.62. The fourth-order valence-corrected chi connectivity index (χ4v) is 6.56. The van der Waals surface area contributed by atoms with Crippen molar-refractivity contribution in [2.75, 3.05) is 25.4 Å². The Balaban J connectivity index is 1.76. The first-order chi connectivity index (χ1) is 10.9. The third-order valence-corrected chi connectivity index (χ3v) is 7.63. The lowest BCUT2D eigenvalue weighted by Crippen LogP contribution is -2.62. The summed E-state index contributed by atoms with van der Waals surface area (Å²) < 4.78 is 6.60. The molecule has 0 aromatic heterocycles. The summed E-state index contributed by atoms with van der Waals surface area (Å²) >= 11 is 2.20. The molecule has 0 aromatic carbocycles. The van der Waals surface area contributed by atoms with E-state index in [0.717, 1.165) is 32.5 Å². The van der Waals surface area contributed by atoms with Gasteiger partial charge in [0.25, 0.3) is 0 Å². The summed E-state index contributed by atoms with van der Waals surface area (Å²) in [6.07, 6.45) is 9.31. The molecule has 1 spiro atoms. The molecule has 1 saturated carbocycles. The fourth-order valence-electron chi connectivity index (χ4n) is 4.97. The molecular formula is C19H35NO2S. The first kappa shape index (κ1) is 18.0. The van der Waals surface area contributed by atoms with Crippen molar-refractivity contribution in [3.63, 3.8) is 0 Å². The Bertz CT molecular complexity index is 384. The van der Waals surface area contributed by atoms with E-state index in [1.165, 1.54) is 37.9 Å². The number of ether oxygens (including phenoxy) is 1. The molecule has 0 amide bonds. The van der Waals surface area contributed by atoms with Crippen molar-refractivity contribution in [1.29, 1.82) is 0 Å². The molecule has 2 unspecified atom stereocenters. The van der Waals surface area contributed by atoms with Gasteiger partial charge in [-0.3, -0.25) is 4.90 Å². The second-order valence-electron chi connectivity index (χ2n) is 8.70. The SMILES string of the molecule is C[C@H]1CCOC(C(N2CCSC3(CCCCC3)C2)C(C)(C)O)C1. The summed E-state index contributed by atoms with van der Waals surface area (Å²) in [6, 6.07) is 0.130. The monoisotopic (exact) mass is 341 g/mol. The van der Waals surface area contributed by atoms with Crippen molar-refractivity contribution in [2.24, 2.45) is 5.92 Å². The van der Waals surface area contributed by atoms with Crippen LogP contribution >= 0.6 is 11.8 Å². The molecule has 3 rings (SSSR count). The van der Waals surface area contributed by atoms with Crippen LogP contribution in [0.1, 0.15) is 65.7 Å². The number of aliphatic hydroxyl groups is 1. The molecule has 2 aliphatic heterocycles. The Morgan fingerprint density at radius 3 is 2.65 bits per heavy atom. The van der Waals surface area contributed by atoms with E-state index >= 15 is 0 Å². The van der Waals surface area contributed by atoms with Gasteiger partial charge in [-0.15, -0.1) is 0 Å². The van der Waals surface area contributed by atoms with E-state index in [4.69, 9.17) is 4.74 Å². The molecule has 23 heavy (non-hydrogen) atoms. The summed E-state index contributed by atoms with van der Waals surface area (Å²) in [5.74, 6) is 1.91. The van der Waals surface area contributed by atoms with Gasteiger partial charge in [0, 0.05) is 30.2 Å². The van der Waals surface area contributed by atoms with Crippen molar-refractivity contribution < 1.29 is 9.84 Å². The molecule has 3 aliphatic rings. The van der Waals surface area contributed by atoms with Gasteiger partial charge in [0.15, 0.2) is 0 Å². The number of hydrogen-bond acceptors (Lipinski definition) is 4. The van der Waals surface area contributed by atoms with Crippen LogP contribution in [0, 0.1) is 5.92 Å². The van der Waals surface area contributed by atoms with Crippen molar-refractivity contribution in [2.45, 2.75) is 88.2 Å². The second-order valence-corrected chi connectivity index (χ2v) is 10.3. The predicted octanol–water partition coefficient (Wildman–Crippen LogP) is 3.69. The van der Waals surface area contributed by atoms with E-state index < -0.39 is 5.60 Å². The molecule has 1 N–H and O–H groups in total. The molecule has 2 heterocycles. The van der Waals surface area contributed by atoms with Gasteiger partial charge in [-0.1, -0.05) is 26.2 Å². The van der Waals surface area contributed by atoms with Gasteiger partial charge in [-0.2, -0.15) is 11.8 Å². The van der Waals surface area contributed by atoms with Gasteiger partial charge >= 0.3 is 0 Å². The van der Waals surface area contributed by atoms with Crippen LogP contribution in [0.5, 0.6) is 0 Å². The van der Waals surface area contributed by atoms with Crippen LogP contribution < -0.4 is 0 Å². The highest BCUT2D eigenvalue weighted by Crippen LogP contribution is 2.44. The Hall–Kier alpha value is 0.230. The van der Waals surface area contributed by atoms with Crippen LogP contribution in [0.25, 0.3) is 0 Å². The van der Waals surface area contributed by atoms with Crippen LogP contribution in [0.3, 0.4) is 0 Å². The van der Waals surface area contributed by atoms with Crippen LogP contribution in [0.15, 0.2) is 0 Å². The normalized spacial score (nSPS) is 34.4. The Morgan fingerprint density at radius 1 is 1.26 bits per heavy atom. The minimum Gasteiger partial charge on any atom is -0.389 e. The third kappa shape index (κ3) is 4.26. The molecule has 2 saturated heterocycles. The minimum atomic E-state index is -0.709. The van der Waals surface area contributed by atoms with E-state index in [0.29, 0.717) is 10.7 Å². The van der Waals surface area contributed by atoms with Crippen LogP contribution in [-0.2, 0) is 4.74 Å². The lowest BCUT2D eigenvalue weighted by molar-refractivity contribution is -0.123. The van der Waals surface area contributed by atoms with Gasteiger partial charge in [-0.25, -0.2) is 0 Å². The summed E-state index contributed by atoms with van der Waals surface area (Å²) in [5.41, 5.74) is -0.709. The zero-order valence-electron chi connectivity index (χ0n) is 15.2. The standard InChI is InChI=1S/C19H35NO2S/c1-15-7-11-22-16(13-15)17(18(2,3)21)20-10-12-23-19(14-20)8-5-4-6-9-19/h15-17,21H,4-14H2,1-3H3/t15-,16?,17?/m0/s1. The highest BCUT2D eigenvalue weighted by atomic mass is 32.2. The Kier molecular flexibility index (Phi) is 5.67. The summed E-state index contributed by atoms with van der Waals surface area (Å²) in [5, 5.41) is 10.9. The van der Waals surface area contributed by atoms with Gasteiger partial charge < -0.3 is 9.84 Å². The fraction of sp³-hybridized carbons (Fsp3) is 1.00. The molecule has 3 atom stereocenters. The van der Waals surface area contributed by atoms with Gasteiger partial charge in [0.05, 0.1) is 17.7 Å². The van der Waals surface area contributed by atoms with Crippen LogP contribution in [0.2, 0.25) is 0 Å². The maximum atomic E-state index is 10.9. The summed E-state index contributed by atoms with van der Waals surface area (Å²) in [4.78, 5) is 2.59. The van der Waals surface area contributed by atoms with Crippen LogP contribution in [-0.4, -0.2) is 57.9 Å². The highest BCUT2D eigenvalue weighted by molar-refractivity contribution is 8.00. The summed E-state index contributed by atoms with van der Waals surface area (Å²) in [7, 11) is 0. The van der Waals surface area contributed by atoms with E-state index in [1.807, 2.05) is 13.8 Å². The molecule has 3 nitrogen and oxygen atoms in total. The van der Waals surface area contributed by atoms with E-state index in [1.54, 1.807) is 0 Å². The smallest absolute Gasteiger partial charge is 0.0771 e. The predicted molar refractivity (Wildman–Crippen MR) is 98.1 cm³/mol. The number of hydrogen-bond donors (Lipinski definition) is 1. The Morgan fingerprint density at radius 2 is 2.00 bits per heavy atom. The second kappa shape index (κ2) is 7.23. The molecule has 0 radical (unpaired) electrons. The topological polar surface area (TPSA) is 32.7 Å². The number of thioether (sulfide) groups is 1. The average Bonchev–Trinajstić information content (AvgIpc) is 2.47. The minimum absolute atomic E-state index is 0.130. The zero-order valence-corrected chi connectivity index (χ0v) is 16.0. The Labute approximate surface area is 146 Å². The van der Waals surface area contributed by atoms with E-state index in [-0.39, 0.29) is 12.1 Å². The molecule has 3 fully saturated rings. The highest BCUT2D eigenvalue weighted by Gasteiger charge is 2.46. The maximum absolute atomic E-state index is 10.9. The third-order valence-electron chi connectivity index (χ3n) is 6.09. The average molecular weight is 342 g/mol. The van der Waals surface area contributed by atoms with E-state index in [2.05, 4.69) is 23.6 Å². The molecule has 1 aliphatic carbocycles. The van der Waals surface area contributed by atoms with Crippen molar-refractivity contribution in [3.05, 3.63) is 0 Å². The lowest BCUT2D eigenvalue weighted by Gasteiger charge is -2.52. The van der Waals surface area contributed by atoms with Gasteiger partial charge in [0.2, 0.25) is 0 Å². The largest absolute Gasteiger partial charge is 0.389 e. The van der Waals surface area contributed by atoms with Gasteiger partial charge in [0.1, 0.15) is 0 Å². The molecule has 134 valence electrons. The molecule has 0 bridgehead atoms. The van der Waals surface area contributed by atoms with Crippen LogP contribution in [0.4, 0.5) is 0 Å². The lowest BCUT2D eigenvalue weighted by atomic mass is 9.83. The molecule has 0 aromatic rings. The molecular weight excluding hydrogens is 306 g/mol.